The molecule has 1 unspecified atom stereocenters. The molecular formula is C16H16Cl2O3. The first-order valence-electron chi connectivity index (χ1n) is 6.44. The fraction of sp³-hybridized carbons (Fsp3) is 0.250. The number of methoxy groups -OCH3 is 1. The highest BCUT2D eigenvalue weighted by Crippen LogP contribution is 2.32. The first-order chi connectivity index (χ1) is 10.0. The summed E-state index contributed by atoms with van der Waals surface area (Å²) in [5, 5.41) is 10.9. The van der Waals surface area contributed by atoms with Crippen molar-refractivity contribution < 1.29 is 14.6 Å². The van der Waals surface area contributed by atoms with Crippen LogP contribution in [-0.4, -0.2) is 12.2 Å². The van der Waals surface area contributed by atoms with Gasteiger partial charge in [0.1, 0.15) is 18.1 Å². The van der Waals surface area contributed by atoms with Gasteiger partial charge in [-0.2, -0.15) is 0 Å². The molecule has 0 aliphatic carbocycles. The summed E-state index contributed by atoms with van der Waals surface area (Å²) in [5.74, 6) is 1.19. The van der Waals surface area contributed by atoms with Gasteiger partial charge in [-0.3, -0.25) is 0 Å². The maximum Gasteiger partial charge on any atom is 0.129 e. The van der Waals surface area contributed by atoms with Gasteiger partial charge in [0.15, 0.2) is 0 Å². The Kier molecular flexibility index (Phi) is 5.34. The van der Waals surface area contributed by atoms with Gasteiger partial charge >= 0.3 is 0 Å². The number of hydrogen-bond acceptors (Lipinski definition) is 3. The van der Waals surface area contributed by atoms with Crippen LogP contribution in [0.5, 0.6) is 11.5 Å². The third-order valence-electron chi connectivity index (χ3n) is 3.10. The van der Waals surface area contributed by atoms with Gasteiger partial charge < -0.3 is 14.6 Å². The highest BCUT2D eigenvalue weighted by molar-refractivity contribution is 6.35. The summed E-state index contributed by atoms with van der Waals surface area (Å²) in [7, 11) is 1.58. The van der Waals surface area contributed by atoms with Crippen LogP contribution in [0.1, 0.15) is 24.2 Å². The van der Waals surface area contributed by atoms with Crippen LogP contribution >= 0.6 is 23.2 Å². The number of aliphatic hydroxyl groups is 1. The van der Waals surface area contributed by atoms with Crippen molar-refractivity contribution in [3.8, 4) is 11.5 Å². The minimum Gasteiger partial charge on any atom is -0.497 e. The van der Waals surface area contributed by atoms with E-state index < -0.39 is 6.10 Å². The Morgan fingerprint density at radius 2 is 1.81 bits per heavy atom. The first-order valence-corrected chi connectivity index (χ1v) is 7.20. The average molecular weight is 327 g/mol. The Morgan fingerprint density at radius 1 is 1.14 bits per heavy atom. The molecule has 0 amide bonds. The minimum atomic E-state index is -0.646. The van der Waals surface area contributed by atoms with Gasteiger partial charge in [0.25, 0.3) is 0 Å². The highest BCUT2D eigenvalue weighted by atomic mass is 35.5. The number of rotatable bonds is 5. The maximum atomic E-state index is 9.80. The number of aliphatic hydroxyl groups excluding tert-OH is 1. The van der Waals surface area contributed by atoms with Crippen molar-refractivity contribution in [1.82, 2.24) is 0 Å². The normalized spacial score (nSPS) is 12.0. The Balaban J connectivity index is 2.26. The summed E-state index contributed by atoms with van der Waals surface area (Å²) in [6, 6.07) is 10.6. The third kappa shape index (κ3) is 3.82. The molecule has 0 aliphatic heterocycles. The van der Waals surface area contributed by atoms with Crippen molar-refractivity contribution in [2.45, 2.75) is 19.6 Å². The molecule has 0 aliphatic rings. The predicted octanol–water partition coefficient (Wildman–Crippen LogP) is 4.63. The second-order valence-electron chi connectivity index (χ2n) is 4.57. The number of ether oxygens (including phenoxy) is 2. The molecule has 0 saturated carbocycles. The standard InChI is InChI=1S/C16H16Cl2O3/c1-10(19)12-7-6-11(20-2)8-16(12)21-9-13-14(17)4-3-5-15(13)18/h3-8,10,19H,9H2,1-2H3. The van der Waals surface area contributed by atoms with Gasteiger partial charge in [-0.25, -0.2) is 0 Å². The van der Waals surface area contributed by atoms with Crippen LogP contribution in [0.4, 0.5) is 0 Å². The fourth-order valence-corrected chi connectivity index (χ4v) is 2.44. The summed E-state index contributed by atoms with van der Waals surface area (Å²) >= 11 is 12.2. The molecule has 0 aromatic heterocycles. The van der Waals surface area contributed by atoms with Crippen LogP contribution in [0.2, 0.25) is 10.0 Å². The van der Waals surface area contributed by atoms with Crippen molar-refractivity contribution in [1.29, 1.82) is 0 Å². The topological polar surface area (TPSA) is 38.7 Å². The summed E-state index contributed by atoms with van der Waals surface area (Å²) in [5.41, 5.74) is 1.39. The van der Waals surface area contributed by atoms with Crippen LogP contribution in [0.15, 0.2) is 36.4 Å². The van der Waals surface area contributed by atoms with Crippen LogP contribution < -0.4 is 9.47 Å². The predicted molar refractivity (Wildman–Crippen MR) is 84.4 cm³/mol. The van der Waals surface area contributed by atoms with E-state index in [1.165, 1.54) is 0 Å². The van der Waals surface area contributed by atoms with Gasteiger partial charge in [0.05, 0.1) is 13.2 Å². The van der Waals surface area contributed by atoms with E-state index in [1.807, 2.05) is 0 Å². The molecule has 1 atom stereocenters. The van der Waals surface area contributed by atoms with Crippen molar-refractivity contribution in [3.05, 3.63) is 57.6 Å². The van der Waals surface area contributed by atoms with E-state index in [-0.39, 0.29) is 6.61 Å². The highest BCUT2D eigenvalue weighted by Gasteiger charge is 2.13. The van der Waals surface area contributed by atoms with E-state index in [0.29, 0.717) is 32.7 Å². The van der Waals surface area contributed by atoms with Crippen LogP contribution in [0.3, 0.4) is 0 Å². The molecule has 3 nitrogen and oxygen atoms in total. The summed E-state index contributed by atoms with van der Waals surface area (Å²) in [6.45, 7) is 1.89. The molecule has 0 bridgehead atoms. The zero-order valence-corrected chi connectivity index (χ0v) is 13.3. The lowest BCUT2D eigenvalue weighted by molar-refractivity contribution is 0.190. The average Bonchev–Trinajstić information content (AvgIpc) is 2.46. The first kappa shape index (κ1) is 16.0. The zero-order chi connectivity index (χ0) is 15.4. The molecule has 5 heteroatoms. The Bertz CT molecular complexity index is 607. The molecule has 2 rings (SSSR count). The lowest BCUT2D eigenvalue weighted by Crippen LogP contribution is -2.02. The molecule has 0 radical (unpaired) electrons. The van der Waals surface area contributed by atoms with E-state index >= 15 is 0 Å². The summed E-state index contributed by atoms with van der Waals surface area (Å²) in [6.07, 6.45) is -0.646. The molecule has 112 valence electrons. The molecule has 1 N–H and O–H groups in total. The van der Waals surface area contributed by atoms with Crippen LogP contribution in [0.25, 0.3) is 0 Å². The maximum absolute atomic E-state index is 9.80. The molecule has 0 saturated heterocycles. The molecule has 0 heterocycles. The lowest BCUT2D eigenvalue weighted by atomic mass is 10.1. The molecule has 2 aromatic rings. The SMILES string of the molecule is COc1ccc(C(C)O)c(OCc2c(Cl)cccc2Cl)c1. The van der Waals surface area contributed by atoms with E-state index in [1.54, 1.807) is 50.4 Å². The summed E-state index contributed by atoms with van der Waals surface area (Å²) in [4.78, 5) is 0. The zero-order valence-electron chi connectivity index (χ0n) is 11.8. The molecule has 2 aromatic carbocycles. The van der Waals surface area contributed by atoms with E-state index in [4.69, 9.17) is 32.7 Å². The molecule has 0 fully saturated rings. The lowest BCUT2D eigenvalue weighted by Gasteiger charge is -2.15. The second-order valence-corrected chi connectivity index (χ2v) is 5.38. The quantitative estimate of drug-likeness (QED) is 0.870. The monoisotopic (exact) mass is 326 g/mol. The van der Waals surface area contributed by atoms with E-state index in [0.717, 1.165) is 0 Å². The van der Waals surface area contributed by atoms with Gasteiger partial charge in [0.2, 0.25) is 0 Å². The number of benzene rings is 2. The van der Waals surface area contributed by atoms with Crippen LogP contribution in [-0.2, 0) is 6.61 Å². The Hall–Kier alpha value is -1.42. The van der Waals surface area contributed by atoms with E-state index in [9.17, 15) is 5.11 Å². The van der Waals surface area contributed by atoms with Crippen molar-refractivity contribution in [3.63, 3.8) is 0 Å². The molecule has 0 spiro atoms. The third-order valence-corrected chi connectivity index (χ3v) is 3.81. The second kappa shape index (κ2) is 7.03. The Morgan fingerprint density at radius 3 is 2.38 bits per heavy atom. The van der Waals surface area contributed by atoms with Gasteiger partial charge in [0, 0.05) is 27.2 Å². The fourth-order valence-electron chi connectivity index (χ4n) is 1.93. The van der Waals surface area contributed by atoms with Crippen molar-refractivity contribution in [2.75, 3.05) is 7.11 Å². The van der Waals surface area contributed by atoms with Gasteiger partial charge in [-0.1, -0.05) is 29.3 Å². The summed E-state index contributed by atoms with van der Waals surface area (Å²) < 4.78 is 11.0. The minimum absolute atomic E-state index is 0.214. The van der Waals surface area contributed by atoms with Crippen molar-refractivity contribution in [2.24, 2.45) is 0 Å². The van der Waals surface area contributed by atoms with Crippen LogP contribution in [0, 0.1) is 0 Å². The van der Waals surface area contributed by atoms with E-state index in [2.05, 4.69) is 0 Å². The smallest absolute Gasteiger partial charge is 0.129 e. The molecular weight excluding hydrogens is 311 g/mol. The van der Waals surface area contributed by atoms with Gasteiger partial charge in [-0.15, -0.1) is 0 Å². The van der Waals surface area contributed by atoms with Gasteiger partial charge in [-0.05, 0) is 31.2 Å². The number of hydrogen-bond donors (Lipinski definition) is 1. The largest absolute Gasteiger partial charge is 0.497 e. The number of halogens is 2. The van der Waals surface area contributed by atoms with Crippen molar-refractivity contribution >= 4 is 23.2 Å². The Labute approximate surface area is 134 Å². The molecule has 21 heavy (non-hydrogen) atoms.